The molecule has 2 heterocycles. The Balaban J connectivity index is 2.22. The molecule has 0 fully saturated rings. The maximum absolute atomic E-state index is 11.7. The molecule has 0 bridgehead atoms. The van der Waals surface area contributed by atoms with Crippen LogP contribution >= 0.6 is 11.3 Å². The molecule has 6 heteroatoms. The number of anilines is 1. The first kappa shape index (κ1) is 10.4. The number of aryl methyl sites for hydroxylation is 1. The molecule has 1 N–H and O–H groups in total. The number of aromatic nitrogens is 1. The molecule has 0 aromatic carbocycles. The largest absolute Gasteiger partial charge is 0.337 e. The van der Waals surface area contributed by atoms with Crippen LogP contribution in [0.5, 0.6) is 0 Å². The van der Waals surface area contributed by atoms with E-state index in [4.69, 9.17) is 9.78 Å². The van der Waals surface area contributed by atoms with Crippen LogP contribution in [0.25, 0.3) is 0 Å². The monoisotopic (exact) mass is 233 g/mol. The van der Waals surface area contributed by atoms with Gasteiger partial charge in [0.15, 0.2) is 0 Å². The van der Waals surface area contributed by atoms with E-state index in [9.17, 15) is 4.79 Å². The minimum absolute atomic E-state index is 0.0957. The molecule has 0 saturated carbocycles. The van der Waals surface area contributed by atoms with E-state index >= 15 is 0 Å². The highest BCUT2D eigenvalue weighted by Crippen LogP contribution is 2.19. The first-order valence-electron chi connectivity index (χ1n) is 4.43. The van der Waals surface area contributed by atoms with Crippen molar-refractivity contribution < 1.29 is 9.32 Å². The molecular weight excluding hydrogens is 226 g/mol. The molecule has 80 valence electrons. The quantitative estimate of drug-likeness (QED) is 0.862. The summed E-state index contributed by atoms with van der Waals surface area (Å²) in [7, 11) is 0. The van der Waals surface area contributed by atoms with Crippen LogP contribution in [-0.2, 0) is 0 Å². The molecule has 0 aliphatic carbocycles. The van der Waals surface area contributed by atoms with Crippen molar-refractivity contribution in [2.75, 3.05) is 5.32 Å². The summed E-state index contributed by atoms with van der Waals surface area (Å²) >= 11 is 1.31. The van der Waals surface area contributed by atoms with Crippen molar-refractivity contribution in [3.05, 3.63) is 33.6 Å². The number of rotatable bonds is 2. The zero-order valence-electron chi connectivity index (χ0n) is 8.35. The van der Waals surface area contributed by atoms with Gasteiger partial charge < -0.3 is 4.52 Å². The molecule has 5 nitrogen and oxygen atoms in total. The van der Waals surface area contributed by atoms with E-state index < -0.39 is 0 Å². The van der Waals surface area contributed by atoms with Gasteiger partial charge in [-0.25, -0.2) is 0 Å². The predicted molar refractivity (Wildman–Crippen MR) is 58.2 cm³/mol. The Kier molecular flexibility index (Phi) is 2.70. The molecule has 0 atom stereocenters. The van der Waals surface area contributed by atoms with Gasteiger partial charge >= 0.3 is 0 Å². The highest BCUT2D eigenvalue weighted by atomic mass is 32.1. The Morgan fingerprint density at radius 1 is 1.69 bits per heavy atom. The lowest BCUT2D eigenvalue weighted by atomic mass is 10.3. The second-order valence-electron chi connectivity index (χ2n) is 3.02. The zero-order chi connectivity index (χ0) is 11.5. The van der Waals surface area contributed by atoms with E-state index in [-0.39, 0.29) is 17.4 Å². The van der Waals surface area contributed by atoms with Gasteiger partial charge in [-0.15, -0.1) is 11.3 Å². The van der Waals surface area contributed by atoms with E-state index in [0.717, 1.165) is 0 Å². The van der Waals surface area contributed by atoms with E-state index in [2.05, 4.69) is 10.5 Å². The number of hydrogen-bond acceptors (Lipinski definition) is 5. The SMILES string of the molecule is Cc1noc(NC(=O)c2cccs2)c1C#N. The molecule has 2 aromatic heterocycles. The summed E-state index contributed by atoms with van der Waals surface area (Å²) < 4.78 is 4.86. The molecule has 0 unspecified atom stereocenters. The second kappa shape index (κ2) is 4.16. The molecule has 0 spiro atoms. The molecule has 0 aliphatic heterocycles. The van der Waals surface area contributed by atoms with Crippen molar-refractivity contribution in [1.29, 1.82) is 5.26 Å². The smallest absolute Gasteiger partial charge is 0.268 e. The number of hydrogen-bond donors (Lipinski definition) is 1. The number of carbonyl (C=O) groups excluding carboxylic acids is 1. The number of nitrogens with zero attached hydrogens (tertiary/aromatic N) is 2. The maximum atomic E-state index is 11.7. The van der Waals surface area contributed by atoms with Crippen molar-refractivity contribution >= 4 is 23.1 Å². The Morgan fingerprint density at radius 3 is 3.12 bits per heavy atom. The average Bonchev–Trinajstić information content (AvgIpc) is 2.88. The van der Waals surface area contributed by atoms with Crippen LogP contribution < -0.4 is 5.32 Å². The molecular formula is C10H7N3O2S. The molecule has 1 amide bonds. The number of nitriles is 1. The van der Waals surface area contributed by atoms with Crippen LogP contribution in [0.15, 0.2) is 22.0 Å². The minimum atomic E-state index is -0.303. The van der Waals surface area contributed by atoms with Crippen LogP contribution in [-0.4, -0.2) is 11.1 Å². The Hall–Kier alpha value is -2.13. The molecule has 0 saturated heterocycles. The number of amides is 1. The average molecular weight is 233 g/mol. The summed E-state index contributed by atoms with van der Waals surface area (Å²) in [5.41, 5.74) is 0.717. The Morgan fingerprint density at radius 2 is 2.50 bits per heavy atom. The van der Waals surface area contributed by atoms with Gasteiger partial charge in [0, 0.05) is 0 Å². The van der Waals surface area contributed by atoms with Gasteiger partial charge in [-0.05, 0) is 18.4 Å². The summed E-state index contributed by atoms with van der Waals surface area (Å²) in [6.45, 7) is 1.64. The standard InChI is InChI=1S/C10H7N3O2S/c1-6-7(5-11)10(15-13-6)12-9(14)8-3-2-4-16-8/h2-4H,1H3,(H,12,14). The summed E-state index contributed by atoms with van der Waals surface area (Å²) in [4.78, 5) is 12.2. The van der Waals surface area contributed by atoms with Crippen LogP contribution in [0.1, 0.15) is 20.9 Å². The fourth-order valence-corrected chi connectivity index (χ4v) is 1.78. The third-order valence-corrected chi connectivity index (χ3v) is 2.82. The molecule has 0 radical (unpaired) electrons. The van der Waals surface area contributed by atoms with Crippen LogP contribution in [0.3, 0.4) is 0 Å². The van der Waals surface area contributed by atoms with Crippen LogP contribution in [0.2, 0.25) is 0 Å². The topological polar surface area (TPSA) is 78.9 Å². The molecule has 2 aromatic rings. The molecule has 16 heavy (non-hydrogen) atoms. The minimum Gasteiger partial charge on any atom is -0.337 e. The van der Waals surface area contributed by atoms with E-state index in [1.165, 1.54) is 11.3 Å². The Labute approximate surface area is 95.3 Å². The van der Waals surface area contributed by atoms with Gasteiger partial charge in [0.2, 0.25) is 5.88 Å². The lowest BCUT2D eigenvalue weighted by molar-refractivity contribution is 0.102. The van der Waals surface area contributed by atoms with Crippen molar-refractivity contribution in [2.45, 2.75) is 6.92 Å². The highest BCUT2D eigenvalue weighted by Gasteiger charge is 2.16. The van der Waals surface area contributed by atoms with E-state index in [1.54, 1.807) is 24.4 Å². The van der Waals surface area contributed by atoms with Gasteiger partial charge in [-0.2, -0.15) is 5.26 Å². The van der Waals surface area contributed by atoms with Gasteiger partial charge in [-0.3, -0.25) is 10.1 Å². The van der Waals surface area contributed by atoms with Crippen molar-refractivity contribution in [1.82, 2.24) is 5.16 Å². The van der Waals surface area contributed by atoms with Crippen LogP contribution in [0.4, 0.5) is 5.88 Å². The predicted octanol–water partition coefficient (Wildman–Crippen LogP) is 2.17. The van der Waals surface area contributed by atoms with Crippen LogP contribution in [0, 0.1) is 18.3 Å². The number of thiophene rings is 1. The van der Waals surface area contributed by atoms with Gasteiger partial charge in [-0.1, -0.05) is 11.2 Å². The lowest BCUT2D eigenvalue weighted by Crippen LogP contribution is -2.10. The molecule has 2 rings (SSSR count). The third-order valence-electron chi connectivity index (χ3n) is 1.95. The Bertz CT molecular complexity index is 551. The fourth-order valence-electron chi connectivity index (χ4n) is 1.16. The summed E-state index contributed by atoms with van der Waals surface area (Å²) in [5.74, 6) is -0.207. The van der Waals surface area contributed by atoms with Gasteiger partial charge in [0.05, 0.1) is 4.88 Å². The zero-order valence-corrected chi connectivity index (χ0v) is 9.17. The van der Waals surface area contributed by atoms with Gasteiger partial charge in [0.1, 0.15) is 17.3 Å². The maximum Gasteiger partial charge on any atom is 0.268 e. The normalized spacial score (nSPS) is 9.75. The fraction of sp³-hybridized carbons (Fsp3) is 0.100. The summed E-state index contributed by atoms with van der Waals surface area (Å²) in [5, 5.41) is 16.7. The van der Waals surface area contributed by atoms with Crippen molar-refractivity contribution in [2.24, 2.45) is 0 Å². The highest BCUT2D eigenvalue weighted by molar-refractivity contribution is 7.12. The van der Waals surface area contributed by atoms with Crippen molar-refractivity contribution in [3.63, 3.8) is 0 Å². The van der Waals surface area contributed by atoms with E-state index in [0.29, 0.717) is 10.6 Å². The summed E-state index contributed by atoms with van der Waals surface area (Å²) in [6.07, 6.45) is 0. The lowest BCUT2D eigenvalue weighted by Gasteiger charge is -1.97. The summed E-state index contributed by atoms with van der Waals surface area (Å²) in [6, 6.07) is 5.39. The number of carbonyl (C=O) groups is 1. The first-order chi connectivity index (χ1) is 7.72. The second-order valence-corrected chi connectivity index (χ2v) is 3.96. The van der Waals surface area contributed by atoms with Crippen molar-refractivity contribution in [3.8, 4) is 6.07 Å². The van der Waals surface area contributed by atoms with Gasteiger partial charge in [0.25, 0.3) is 5.91 Å². The number of nitrogens with one attached hydrogen (secondary N) is 1. The van der Waals surface area contributed by atoms with E-state index in [1.807, 2.05) is 6.07 Å². The molecule has 0 aliphatic rings. The third kappa shape index (κ3) is 1.81. The first-order valence-corrected chi connectivity index (χ1v) is 5.31.